The number of nitrogen functional groups attached to an aromatic ring is 1. The zero-order chi connectivity index (χ0) is 108. The number of amides is 2. The first-order chi connectivity index (χ1) is 70.1. The number of nitrogens with one attached hydrogen (secondary N) is 1. The van der Waals surface area contributed by atoms with Gasteiger partial charge in [-0.3, -0.25) is 38.4 Å². The first-order valence-electron chi connectivity index (χ1n) is 45.2. The molecule has 2 amide bonds. The van der Waals surface area contributed by atoms with Crippen LogP contribution in [0, 0.1) is 13.8 Å². The number of carboxylic acid groups (broad SMARTS) is 4. The average Bonchev–Trinajstić information content (AvgIpc) is 1.62. The Morgan fingerprint density at radius 1 is 0.385 bits per heavy atom. The Bertz CT molecular complexity index is 6320. The van der Waals surface area contributed by atoms with Crippen molar-refractivity contribution in [2.45, 2.75) is 129 Å². The molecule has 0 radical (unpaired) electrons. The lowest BCUT2D eigenvalue weighted by atomic mass is 9.79. The molecule has 1 aliphatic heterocycles. The number of hydrogen-bond donors (Lipinski definition) is 9. The van der Waals surface area contributed by atoms with E-state index in [0.717, 1.165) is 112 Å². The number of benzene rings is 8. The van der Waals surface area contributed by atoms with E-state index in [1.165, 1.54) is 37.5 Å². The molecular weight excluding hydrogens is 2240 g/mol. The molecule has 41 heteroatoms. The fraction of sp³-hybridized carbons (Fsp3) is 0.271. The van der Waals surface area contributed by atoms with Gasteiger partial charge in [-0.1, -0.05) is 201 Å². The van der Waals surface area contributed by atoms with E-state index in [0.29, 0.717) is 67.0 Å². The van der Waals surface area contributed by atoms with E-state index >= 15 is 0 Å². The van der Waals surface area contributed by atoms with Gasteiger partial charge in [0.05, 0.1) is 99.9 Å². The predicted molar refractivity (Wildman–Crippen MR) is 583 cm³/mol. The van der Waals surface area contributed by atoms with Gasteiger partial charge in [-0.05, 0) is 217 Å². The van der Waals surface area contributed by atoms with Crippen molar-refractivity contribution in [2.75, 3.05) is 68.0 Å². The molecule has 10 N–H and O–H groups in total. The van der Waals surface area contributed by atoms with Crippen LogP contribution in [0.1, 0.15) is 154 Å². The van der Waals surface area contributed by atoms with E-state index in [4.69, 9.17) is 61.9 Å². The molecule has 780 valence electrons. The van der Waals surface area contributed by atoms with Gasteiger partial charge < -0.3 is 55.6 Å². The summed E-state index contributed by atoms with van der Waals surface area (Å²) >= 11 is 21.7. The number of aliphatic hydroxyl groups is 3. The third-order valence-corrected chi connectivity index (χ3v) is 24.1. The van der Waals surface area contributed by atoms with Crippen LogP contribution in [0.5, 0.6) is 0 Å². The number of aliphatic carboxylic acids is 4. The maximum Gasteiger partial charge on any atom is 0.494 e. The number of nitrogens with two attached hydrogens (primary N) is 1. The van der Waals surface area contributed by atoms with Crippen molar-refractivity contribution in [1.82, 2.24) is 75.4 Å². The van der Waals surface area contributed by atoms with Crippen molar-refractivity contribution >= 4 is 145 Å². The third-order valence-electron chi connectivity index (χ3n) is 21.9. The SMILES string of the molecule is C.CNOC.CON(C)C(=O)C(CO)c1ccc(Cc2ncc(Br)cn2)cc1.CON(C)C(=O)Cc1ccc(Cc2ncc(Br)cn2)cc1.Cc1ccc(-c2cnc(Cc3ccc(C(CO)C(=O)O)cc3)nc2)cc1.Cc1ccc(B2OC(C)(C)C(C)(C)O2)cc1.Clc1ncc(Br)cn1.Nc1ccc(CC(=O)O)cc1.O=C(O)C(CO)c1ccc(Cc2ncc(Br)cn2)cc1.O=C(O)Cc1ccc(Cc2ncc(Br)cn2)cc1. The number of nitrogens with zero attached hydrogens (tertiary/aromatic N) is 14. The van der Waals surface area contributed by atoms with E-state index in [1.807, 2.05) is 129 Å². The van der Waals surface area contributed by atoms with Gasteiger partial charge in [-0.15, -0.1) is 0 Å². The van der Waals surface area contributed by atoms with Crippen LogP contribution in [0.25, 0.3) is 11.1 Å². The molecule has 0 aliphatic carbocycles. The van der Waals surface area contributed by atoms with Gasteiger partial charge in [0.1, 0.15) is 41.0 Å². The molecule has 6 aromatic heterocycles. The van der Waals surface area contributed by atoms with Gasteiger partial charge in [0, 0.05) is 139 Å². The van der Waals surface area contributed by atoms with Crippen LogP contribution in [-0.2, 0) is 104 Å². The van der Waals surface area contributed by atoms with Crippen molar-refractivity contribution in [3.05, 3.63) is 398 Å². The summed E-state index contributed by atoms with van der Waals surface area (Å²) in [7, 11) is 9.03. The number of aryl methyl sites for hydroxylation is 2. The molecule has 34 nitrogen and oxygen atoms in total. The number of aromatic nitrogens is 12. The fourth-order valence-corrected chi connectivity index (χ4v) is 13.9. The predicted octanol–water partition coefficient (Wildman–Crippen LogP) is 17.5. The molecule has 1 fully saturated rings. The zero-order valence-corrected chi connectivity index (χ0v) is 91.4. The van der Waals surface area contributed by atoms with Gasteiger partial charge in [0.15, 0.2) is 0 Å². The van der Waals surface area contributed by atoms with Crippen LogP contribution in [0.2, 0.25) is 5.28 Å². The van der Waals surface area contributed by atoms with Crippen molar-refractivity contribution in [3.8, 4) is 11.1 Å². The van der Waals surface area contributed by atoms with E-state index in [2.05, 4.69) is 221 Å². The summed E-state index contributed by atoms with van der Waals surface area (Å²) in [4.78, 5) is 131. The van der Waals surface area contributed by atoms with Crippen molar-refractivity contribution in [1.29, 1.82) is 0 Å². The molecule has 0 bridgehead atoms. The van der Waals surface area contributed by atoms with Crippen molar-refractivity contribution in [2.24, 2.45) is 0 Å². The molecule has 7 heterocycles. The van der Waals surface area contributed by atoms with Crippen LogP contribution in [0.3, 0.4) is 0 Å². The maximum atomic E-state index is 12.1. The Hall–Kier alpha value is -12.7. The molecule has 0 saturated carbocycles. The number of rotatable bonds is 30. The van der Waals surface area contributed by atoms with Crippen LogP contribution in [0.15, 0.2) is 291 Å². The first-order valence-corrected chi connectivity index (χ1v) is 49.6. The molecule has 1 aliphatic rings. The summed E-state index contributed by atoms with van der Waals surface area (Å²) in [6.45, 7) is 11.3. The number of aliphatic hydroxyl groups excluding tert-OH is 3. The molecule has 148 heavy (non-hydrogen) atoms. The highest BCUT2D eigenvalue weighted by Gasteiger charge is 2.51. The standard InChI is InChI=1S/C21H20N2O3.C16H18BrN3O3.C15H16BrN3O2.C14H13BrN2O3.C13H19BO2.C13H11BrN2O2.C8H9NO2.C4H2BrClN2.C2H7NO.CH4/c1-14-2-6-16(7-3-14)18-11-22-20(23-12-18)10-15-4-8-17(9-5-15)19(13-24)21(25)26;1-20(23-2)16(22)14(10-21)12-5-3-11(4-6-12)7-15-18-8-13(17)9-19-15;1-19(21-2)15(20)8-12-5-3-11(4-6-12)7-14-17-9-13(16)10-18-14;15-11-6-16-13(17-7-11)5-9-1-3-10(4-2-9)12(8-18)14(19)20;1-10-6-8-11(9-7-10)14-15-12(2,3)13(4,5)16-14;14-11-7-15-12(16-8-11)5-9-1-3-10(4-2-9)6-13(17)18;9-7-3-1-6(2-4-7)5-8(10)11;5-3-1-7-4(6)8-2-3;1-3-4-2;/h2-9,11-12,19,24H,10,13H2,1H3,(H,25,26);3-6,8-9,14,21H,7,10H2,1-2H3;3-6,9-10H,7-8H2,1-2H3;1-4,6-7,12,18H,5,8H2,(H,19,20);6-9H,1-5H3;1-4,7-8H,5-6H2,(H,17,18);1-4H,5,9H2,(H,10,11);1-2H;3H,1-2H3;1H4. The van der Waals surface area contributed by atoms with E-state index in [9.17, 15) is 39.0 Å². The van der Waals surface area contributed by atoms with Gasteiger partial charge in [0.2, 0.25) is 11.2 Å². The highest BCUT2D eigenvalue weighted by molar-refractivity contribution is 9.11. The summed E-state index contributed by atoms with van der Waals surface area (Å²) in [6, 6.07) is 60.3. The van der Waals surface area contributed by atoms with Crippen LogP contribution in [-0.4, -0.2) is 222 Å². The number of anilines is 1. The minimum Gasteiger partial charge on any atom is -0.481 e. The second kappa shape index (κ2) is 64.5. The largest absolute Gasteiger partial charge is 0.494 e. The Balaban J connectivity index is 0.000000261. The molecule has 3 atom stereocenters. The summed E-state index contributed by atoms with van der Waals surface area (Å²) in [5, 5.41) is 65.5. The Morgan fingerprint density at radius 3 is 0.912 bits per heavy atom. The molecule has 8 aromatic carbocycles. The Kier molecular flexibility index (Phi) is 54.0. The van der Waals surface area contributed by atoms with Gasteiger partial charge in [-0.25, -0.2) is 75.4 Å². The van der Waals surface area contributed by atoms with Crippen LogP contribution in [0.4, 0.5) is 5.69 Å². The molecule has 3 unspecified atom stereocenters. The van der Waals surface area contributed by atoms with Crippen molar-refractivity contribution < 1.29 is 88.3 Å². The maximum absolute atomic E-state index is 12.1. The fourth-order valence-electron chi connectivity index (χ4n) is 12.8. The number of carbonyl (C=O) groups is 6. The lowest BCUT2D eigenvalue weighted by Crippen LogP contribution is -2.41. The number of carbonyl (C=O) groups excluding carboxylic acids is 2. The molecule has 14 aromatic rings. The third kappa shape index (κ3) is 44.3. The topological polar surface area (TPSA) is 489 Å². The van der Waals surface area contributed by atoms with Gasteiger partial charge in [0.25, 0.3) is 5.91 Å². The number of hydrogen-bond acceptors (Lipinski definition) is 28. The Labute approximate surface area is 908 Å². The van der Waals surface area contributed by atoms with Crippen LogP contribution >= 0.6 is 91.3 Å². The summed E-state index contributed by atoms with van der Waals surface area (Å²) in [5.41, 5.74) is 23.1. The normalized spacial score (nSPS) is 12.2. The second-order valence-corrected chi connectivity index (χ2v) is 38.3. The number of carboxylic acids is 4. The number of hydroxylamine groups is 5. The van der Waals surface area contributed by atoms with E-state index in [1.54, 1.807) is 132 Å². The second-order valence-electron chi connectivity index (χ2n) is 33.4. The quantitative estimate of drug-likeness (QED) is 0.00873. The molecule has 1 saturated heterocycles. The van der Waals surface area contributed by atoms with E-state index < -0.39 is 54.8 Å². The molecule has 0 spiro atoms. The van der Waals surface area contributed by atoms with Gasteiger partial charge in [-0.2, -0.15) is 0 Å². The highest BCUT2D eigenvalue weighted by atomic mass is 79.9. The van der Waals surface area contributed by atoms with Crippen LogP contribution < -0.4 is 16.7 Å². The minimum atomic E-state index is -1.03. The van der Waals surface area contributed by atoms with E-state index in [-0.39, 0.29) is 62.3 Å². The summed E-state index contributed by atoms with van der Waals surface area (Å²) in [6.07, 6.45) is 23.9. The minimum absolute atomic E-state index is 0. The Morgan fingerprint density at radius 2 is 0.642 bits per heavy atom. The summed E-state index contributed by atoms with van der Waals surface area (Å²) in [5.74, 6) is -2.88. The summed E-state index contributed by atoms with van der Waals surface area (Å²) < 4.78 is 16.1. The smallest absolute Gasteiger partial charge is 0.481 e. The molecular formula is C107H119BBr5ClN16O18. The van der Waals surface area contributed by atoms with Crippen molar-refractivity contribution in [3.63, 3.8) is 0 Å². The van der Waals surface area contributed by atoms with Gasteiger partial charge >= 0.3 is 31.0 Å². The first kappa shape index (κ1) is 124. The highest BCUT2D eigenvalue weighted by Crippen LogP contribution is 2.37. The zero-order valence-electron chi connectivity index (χ0n) is 82.7. The number of halogens is 6. The molecule has 15 rings (SSSR count). The monoisotopic (exact) mass is 2360 g/mol. The lowest BCUT2D eigenvalue weighted by Gasteiger charge is -2.32. The number of likely N-dealkylation sites (N-methyl/N-ethyl adjacent to an activating group) is 2. The average molecular weight is 2360 g/mol. The lowest BCUT2D eigenvalue weighted by molar-refractivity contribution is -0.171.